The van der Waals surface area contributed by atoms with Crippen molar-refractivity contribution in [2.45, 2.75) is 56.0 Å². The Kier molecular flexibility index (Phi) is 12.7. The maximum absolute atomic E-state index is 13.9. The molecule has 0 spiro atoms. The van der Waals surface area contributed by atoms with Gasteiger partial charge in [0.15, 0.2) is 0 Å². The molecule has 0 bridgehead atoms. The van der Waals surface area contributed by atoms with Gasteiger partial charge in [-0.3, -0.25) is 9.59 Å². The van der Waals surface area contributed by atoms with Crippen LogP contribution in [0.4, 0.5) is 5.69 Å². The lowest BCUT2D eigenvalue weighted by Gasteiger charge is -2.31. The van der Waals surface area contributed by atoms with E-state index in [0.717, 1.165) is 11.1 Å². The molecule has 0 aliphatic heterocycles. The van der Waals surface area contributed by atoms with E-state index in [1.807, 2.05) is 74.5 Å². The lowest BCUT2D eigenvalue weighted by molar-refractivity contribution is -0.123. The van der Waals surface area contributed by atoms with Gasteiger partial charge in [-0.2, -0.15) is 4.31 Å². The van der Waals surface area contributed by atoms with Crippen molar-refractivity contribution in [2.24, 2.45) is 5.92 Å². The Morgan fingerprint density at radius 2 is 1.49 bits per heavy atom. The third kappa shape index (κ3) is 9.54. The standard InChI is InChI=1S/C36H45N5O5S/c1-26(2)24-41(47(45,46)31-20-18-29(37)19-21-31)30(25-42)16-9-10-22-39-36(44)34(40-35(43)32-17-11-23-38-32)33(27-12-5-3-6-13-27)28-14-7-4-8-15-28/h3-8,11-15,17-21,23,26,30,33-34,38,42H,9-10,16,22,24-25,37H2,1-2H3,(H,39,44)(H,40,43)/t30-,34-/m0/s1. The van der Waals surface area contributed by atoms with Crippen molar-refractivity contribution in [2.75, 3.05) is 25.4 Å². The van der Waals surface area contributed by atoms with Gasteiger partial charge in [0.05, 0.1) is 11.5 Å². The Morgan fingerprint density at radius 3 is 2.02 bits per heavy atom. The number of hydrogen-bond donors (Lipinski definition) is 5. The van der Waals surface area contributed by atoms with Gasteiger partial charge in [-0.15, -0.1) is 0 Å². The maximum Gasteiger partial charge on any atom is 0.268 e. The van der Waals surface area contributed by atoms with Gasteiger partial charge in [-0.05, 0) is 66.3 Å². The first-order valence-corrected chi connectivity index (χ1v) is 17.4. The second-order valence-corrected chi connectivity index (χ2v) is 13.9. The molecule has 0 fully saturated rings. The number of H-pyrrole nitrogens is 1. The third-order valence-corrected chi connectivity index (χ3v) is 9.91. The molecule has 250 valence electrons. The summed E-state index contributed by atoms with van der Waals surface area (Å²) in [6.45, 7) is 4.07. The number of nitrogens with two attached hydrogens (primary N) is 1. The number of hydrogen-bond acceptors (Lipinski definition) is 6. The number of aromatic amines is 1. The van der Waals surface area contributed by atoms with E-state index in [-0.39, 0.29) is 29.9 Å². The van der Waals surface area contributed by atoms with E-state index in [1.165, 1.54) is 16.4 Å². The number of aliphatic hydroxyl groups is 1. The van der Waals surface area contributed by atoms with Crippen LogP contribution in [0.2, 0.25) is 0 Å². The molecule has 0 saturated carbocycles. The Morgan fingerprint density at radius 1 is 0.872 bits per heavy atom. The molecule has 10 nitrogen and oxygen atoms in total. The smallest absolute Gasteiger partial charge is 0.268 e. The quantitative estimate of drug-likeness (QED) is 0.0829. The van der Waals surface area contributed by atoms with Crippen molar-refractivity contribution in [3.8, 4) is 0 Å². The zero-order valence-electron chi connectivity index (χ0n) is 26.9. The number of nitrogens with one attached hydrogen (secondary N) is 3. The molecule has 1 heterocycles. The zero-order chi connectivity index (χ0) is 33.8. The number of unbranched alkanes of at least 4 members (excludes halogenated alkanes) is 1. The first kappa shape index (κ1) is 35.4. The number of rotatable bonds is 17. The minimum Gasteiger partial charge on any atom is -0.399 e. The SMILES string of the molecule is CC(C)CN([C@H](CO)CCCCNC(=O)[C@@H](NC(=O)c1ccc[nH]1)C(c1ccccc1)c1ccccc1)S(=O)(=O)c1ccc(N)cc1. The van der Waals surface area contributed by atoms with E-state index in [1.54, 1.807) is 30.5 Å². The summed E-state index contributed by atoms with van der Waals surface area (Å²) in [5.74, 6) is -1.16. The molecular formula is C36H45N5O5S. The lowest BCUT2D eigenvalue weighted by atomic mass is 9.84. The minimum atomic E-state index is -3.88. The molecule has 1 aromatic heterocycles. The van der Waals surface area contributed by atoms with Crippen LogP contribution in [0.5, 0.6) is 0 Å². The largest absolute Gasteiger partial charge is 0.399 e. The Bertz CT molecular complexity index is 1610. The topological polar surface area (TPSA) is 158 Å². The van der Waals surface area contributed by atoms with Crippen molar-refractivity contribution in [1.29, 1.82) is 0 Å². The number of amides is 2. The number of sulfonamides is 1. The van der Waals surface area contributed by atoms with Crippen molar-refractivity contribution < 1.29 is 23.1 Å². The van der Waals surface area contributed by atoms with Crippen LogP contribution in [0, 0.1) is 5.92 Å². The Hall–Kier alpha value is -4.45. The van der Waals surface area contributed by atoms with Crippen LogP contribution in [-0.2, 0) is 14.8 Å². The number of carbonyl (C=O) groups excluding carboxylic acids is 2. The van der Waals surface area contributed by atoms with Crippen LogP contribution >= 0.6 is 0 Å². The minimum absolute atomic E-state index is 0.0344. The second kappa shape index (κ2) is 16.9. The first-order chi connectivity index (χ1) is 22.6. The molecule has 4 aromatic rings. The van der Waals surface area contributed by atoms with Crippen molar-refractivity contribution in [3.05, 3.63) is 120 Å². The fourth-order valence-corrected chi connectivity index (χ4v) is 7.43. The van der Waals surface area contributed by atoms with Crippen molar-refractivity contribution in [1.82, 2.24) is 19.9 Å². The molecule has 2 amide bonds. The summed E-state index contributed by atoms with van der Waals surface area (Å²) in [6, 6.07) is 27.0. The molecular weight excluding hydrogens is 614 g/mol. The Labute approximate surface area is 277 Å². The zero-order valence-corrected chi connectivity index (χ0v) is 27.7. The van der Waals surface area contributed by atoms with Gasteiger partial charge < -0.3 is 26.5 Å². The summed E-state index contributed by atoms with van der Waals surface area (Å²) in [4.78, 5) is 30.1. The molecule has 0 saturated heterocycles. The third-order valence-electron chi connectivity index (χ3n) is 7.98. The lowest BCUT2D eigenvalue weighted by Crippen LogP contribution is -2.50. The van der Waals surface area contributed by atoms with Crippen LogP contribution in [0.15, 0.2) is 108 Å². The monoisotopic (exact) mass is 659 g/mol. The molecule has 0 aliphatic rings. The highest BCUT2D eigenvalue weighted by Crippen LogP contribution is 2.29. The normalized spacial score (nSPS) is 13.1. The number of nitrogens with zero attached hydrogens (tertiary/aromatic N) is 1. The van der Waals surface area contributed by atoms with E-state index < -0.39 is 33.9 Å². The van der Waals surface area contributed by atoms with E-state index in [0.29, 0.717) is 37.2 Å². The van der Waals surface area contributed by atoms with Crippen LogP contribution in [0.3, 0.4) is 0 Å². The van der Waals surface area contributed by atoms with Gasteiger partial charge in [-0.25, -0.2) is 8.42 Å². The number of nitrogen functional groups attached to an aromatic ring is 1. The molecule has 4 rings (SSSR count). The van der Waals surface area contributed by atoms with Gasteiger partial charge in [0.25, 0.3) is 5.91 Å². The van der Waals surface area contributed by atoms with Crippen LogP contribution in [0.25, 0.3) is 0 Å². The summed E-state index contributed by atoms with van der Waals surface area (Å²) in [5.41, 5.74) is 8.33. The molecule has 0 unspecified atom stereocenters. The number of benzene rings is 3. The van der Waals surface area contributed by atoms with Crippen molar-refractivity contribution >= 4 is 27.5 Å². The molecule has 0 radical (unpaired) electrons. The van der Waals surface area contributed by atoms with Gasteiger partial charge in [0.2, 0.25) is 15.9 Å². The fraction of sp³-hybridized carbons (Fsp3) is 0.333. The van der Waals surface area contributed by atoms with Gasteiger partial charge >= 0.3 is 0 Å². The number of carbonyl (C=O) groups is 2. The highest BCUT2D eigenvalue weighted by Gasteiger charge is 2.34. The highest BCUT2D eigenvalue weighted by molar-refractivity contribution is 7.89. The predicted octanol–water partition coefficient (Wildman–Crippen LogP) is 4.52. The second-order valence-electron chi connectivity index (χ2n) is 12.0. The highest BCUT2D eigenvalue weighted by atomic mass is 32.2. The first-order valence-electron chi connectivity index (χ1n) is 15.9. The van der Waals surface area contributed by atoms with E-state index in [2.05, 4.69) is 15.6 Å². The molecule has 47 heavy (non-hydrogen) atoms. The fourth-order valence-electron chi connectivity index (χ4n) is 5.62. The van der Waals surface area contributed by atoms with E-state index >= 15 is 0 Å². The summed E-state index contributed by atoms with van der Waals surface area (Å²) in [5, 5.41) is 16.2. The molecule has 11 heteroatoms. The summed E-state index contributed by atoms with van der Waals surface area (Å²) in [6.07, 6.45) is 3.14. The molecule has 6 N–H and O–H groups in total. The van der Waals surface area contributed by atoms with E-state index in [4.69, 9.17) is 5.73 Å². The van der Waals surface area contributed by atoms with Gasteiger partial charge in [0.1, 0.15) is 11.7 Å². The summed E-state index contributed by atoms with van der Waals surface area (Å²) < 4.78 is 28.5. The number of aromatic nitrogens is 1. The van der Waals surface area contributed by atoms with Gasteiger partial charge in [-0.1, -0.05) is 80.9 Å². The van der Waals surface area contributed by atoms with E-state index in [9.17, 15) is 23.1 Å². The van der Waals surface area contributed by atoms with Crippen LogP contribution in [0.1, 0.15) is 60.6 Å². The Balaban J connectivity index is 1.46. The predicted molar refractivity (Wildman–Crippen MR) is 184 cm³/mol. The maximum atomic E-state index is 13.9. The van der Waals surface area contributed by atoms with Gasteiger partial charge in [0, 0.05) is 36.9 Å². The summed E-state index contributed by atoms with van der Waals surface area (Å²) in [7, 11) is -3.88. The van der Waals surface area contributed by atoms with Crippen LogP contribution < -0.4 is 16.4 Å². The number of anilines is 1. The number of aliphatic hydroxyl groups excluding tert-OH is 1. The summed E-state index contributed by atoms with van der Waals surface area (Å²) >= 11 is 0. The average molecular weight is 660 g/mol. The average Bonchev–Trinajstić information content (AvgIpc) is 3.62. The van der Waals surface area contributed by atoms with Crippen molar-refractivity contribution in [3.63, 3.8) is 0 Å². The molecule has 0 aliphatic carbocycles. The van der Waals surface area contributed by atoms with Crippen LogP contribution in [-0.4, -0.2) is 66.4 Å². The molecule has 2 atom stereocenters. The molecule has 3 aromatic carbocycles.